The Bertz CT molecular complexity index is 971. The summed E-state index contributed by atoms with van der Waals surface area (Å²) < 4.78 is 11.1. The molecule has 1 aliphatic heterocycles. The first-order chi connectivity index (χ1) is 14.0. The van der Waals surface area contributed by atoms with Crippen molar-refractivity contribution in [3.05, 3.63) is 71.8 Å². The molecule has 4 rings (SSSR count). The molecular formula is C24H25NO4. The topological polar surface area (TPSA) is 65.0 Å². The van der Waals surface area contributed by atoms with Gasteiger partial charge in [0.15, 0.2) is 5.41 Å². The number of hydrogen-bond donors (Lipinski definition) is 0. The van der Waals surface area contributed by atoms with Crippen molar-refractivity contribution >= 4 is 17.7 Å². The van der Waals surface area contributed by atoms with Crippen LogP contribution in [0.25, 0.3) is 0 Å². The van der Waals surface area contributed by atoms with Crippen LogP contribution in [-0.2, 0) is 30.0 Å². The van der Waals surface area contributed by atoms with E-state index in [-0.39, 0.29) is 18.3 Å². The van der Waals surface area contributed by atoms with Crippen molar-refractivity contribution in [2.75, 3.05) is 13.2 Å². The average Bonchev–Trinajstić information content (AvgIpc) is 2.95. The number of aliphatic imine (C=N–C) groups is 1. The third-order valence-corrected chi connectivity index (χ3v) is 6.39. The zero-order valence-corrected chi connectivity index (χ0v) is 17.0. The summed E-state index contributed by atoms with van der Waals surface area (Å²) in [5, 5.41) is 0. The van der Waals surface area contributed by atoms with Gasteiger partial charge in [0.2, 0.25) is 5.78 Å². The van der Waals surface area contributed by atoms with E-state index < -0.39 is 22.3 Å². The highest BCUT2D eigenvalue weighted by molar-refractivity contribution is 6.45. The minimum Gasteiger partial charge on any atom is -0.476 e. The molecule has 5 nitrogen and oxygen atoms in total. The summed E-state index contributed by atoms with van der Waals surface area (Å²) in [4.78, 5) is 31.7. The van der Waals surface area contributed by atoms with Gasteiger partial charge in [0.25, 0.3) is 5.90 Å². The lowest BCUT2D eigenvalue weighted by Gasteiger charge is -2.63. The number of carbonyl (C=O) groups is 2. The minimum absolute atomic E-state index is 0.0177. The number of carbonyl (C=O) groups excluding carboxylic acids is 2. The maximum Gasteiger partial charge on any atom is 0.323 e. The Hall–Kier alpha value is -2.95. The Morgan fingerprint density at radius 3 is 2.10 bits per heavy atom. The predicted octanol–water partition coefficient (Wildman–Crippen LogP) is 3.81. The van der Waals surface area contributed by atoms with Gasteiger partial charge in [0, 0.05) is 5.41 Å². The van der Waals surface area contributed by atoms with Crippen LogP contribution in [0.15, 0.2) is 65.7 Å². The van der Waals surface area contributed by atoms with Gasteiger partial charge < -0.3 is 9.47 Å². The van der Waals surface area contributed by atoms with Crippen LogP contribution >= 0.6 is 0 Å². The van der Waals surface area contributed by atoms with E-state index in [9.17, 15) is 9.59 Å². The Balaban J connectivity index is 2.02. The fourth-order valence-corrected chi connectivity index (χ4v) is 5.23. The van der Waals surface area contributed by atoms with Gasteiger partial charge in [-0.1, -0.05) is 67.6 Å². The number of ether oxygens (including phenoxy) is 2. The Kier molecular flexibility index (Phi) is 4.56. The van der Waals surface area contributed by atoms with Gasteiger partial charge in [-0.05, 0) is 31.4 Å². The van der Waals surface area contributed by atoms with Crippen molar-refractivity contribution in [1.82, 2.24) is 0 Å². The fraction of sp³-hybridized carbons (Fsp3) is 0.375. The van der Waals surface area contributed by atoms with E-state index in [0.29, 0.717) is 13.0 Å². The first-order valence-corrected chi connectivity index (χ1v) is 10.0. The lowest BCUT2D eigenvalue weighted by molar-refractivity contribution is -0.182. The largest absolute Gasteiger partial charge is 0.476 e. The van der Waals surface area contributed by atoms with Gasteiger partial charge in [-0.15, -0.1) is 0 Å². The molecule has 2 aromatic carbocycles. The fourth-order valence-electron chi connectivity index (χ4n) is 5.23. The molecule has 1 heterocycles. The van der Waals surface area contributed by atoms with Crippen LogP contribution in [-0.4, -0.2) is 30.9 Å². The lowest BCUT2D eigenvalue weighted by atomic mass is 9.37. The SMILES string of the molecule is CCOC(=O)[C@]12C[C@](C)(c3ccccc3)C1(c1ccccc1)N=C(OCC)C2=O. The van der Waals surface area contributed by atoms with Gasteiger partial charge in [0.05, 0.1) is 13.2 Å². The molecule has 2 aliphatic rings. The van der Waals surface area contributed by atoms with E-state index >= 15 is 0 Å². The molecule has 0 spiro atoms. The summed E-state index contributed by atoms with van der Waals surface area (Å²) in [6.45, 7) is 6.12. The van der Waals surface area contributed by atoms with E-state index in [0.717, 1.165) is 11.1 Å². The molecule has 1 fully saturated rings. The van der Waals surface area contributed by atoms with Crippen molar-refractivity contribution < 1.29 is 19.1 Å². The molecule has 5 heteroatoms. The van der Waals surface area contributed by atoms with Gasteiger partial charge >= 0.3 is 5.97 Å². The summed E-state index contributed by atoms with van der Waals surface area (Å²) in [6, 6.07) is 19.5. The molecule has 0 aromatic heterocycles. The van der Waals surface area contributed by atoms with E-state index in [1.165, 1.54) is 0 Å². The van der Waals surface area contributed by atoms with Crippen LogP contribution in [0.3, 0.4) is 0 Å². The molecule has 0 bridgehead atoms. The molecule has 1 unspecified atom stereocenters. The predicted molar refractivity (Wildman–Crippen MR) is 110 cm³/mol. The van der Waals surface area contributed by atoms with Crippen molar-refractivity contribution in [3.8, 4) is 0 Å². The van der Waals surface area contributed by atoms with Crippen LogP contribution in [0.5, 0.6) is 0 Å². The van der Waals surface area contributed by atoms with Crippen LogP contribution in [0, 0.1) is 5.41 Å². The summed E-state index contributed by atoms with van der Waals surface area (Å²) in [7, 11) is 0. The zero-order valence-electron chi connectivity index (χ0n) is 17.0. The van der Waals surface area contributed by atoms with E-state index in [1.807, 2.05) is 60.7 Å². The number of rotatable bonds is 5. The number of fused-ring (bicyclic) bond motifs is 1. The standard InChI is InChI=1S/C24H25NO4/c1-4-28-20-19(26)23(21(27)29-5-2)16-22(3,17-12-8-6-9-13-17)24(23,25-20)18-14-10-7-11-15-18/h6-15H,4-5,16H2,1-3H3/t22-,23-,24?/m1/s1. The number of Topliss-reactive ketones (excluding diaryl/α,β-unsaturated/α-hetero) is 1. The third kappa shape index (κ3) is 2.30. The zero-order chi connectivity index (χ0) is 20.7. The molecule has 0 radical (unpaired) electrons. The molecule has 150 valence electrons. The molecule has 3 atom stereocenters. The summed E-state index contributed by atoms with van der Waals surface area (Å²) >= 11 is 0. The van der Waals surface area contributed by atoms with Crippen LogP contribution in [0.4, 0.5) is 0 Å². The molecule has 0 saturated heterocycles. The van der Waals surface area contributed by atoms with Gasteiger partial charge in [-0.3, -0.25) is 9.59 Å². The molecule has 1 saturated carbocycles. The molecule has 1 aliphatic carbocycles. The Morgan fingerprint density at radius 2 is 1.55 bits per heavy atom. The lowest BCUT2D eigenvalue weighted by Crippen LogP contribution is -2.72. The monoisotopic (exact) mass is 391 g/mol. The highest BCUT2D eigenvalue weighted by Gasteiger charge is 2.84. The molecule has 29 heavy (non-hydrogen) atoms. The highest BCUT2D eigenvalue weighted by atomic mass is 16.5. The van der Waals surface area contributed by atoms with Gasteiger partial charge in [-0.25, -0.2) is 4.99 Å². The first kappa shape index (κ1) is 19.4. The quantitative estimate of drug-likeness (QED) is 0.574. The van der Waals surface area contributed by atoms with E-state index in [1.54, 1.807) is 13.8 Å². The van der Waals surface area contributed by atoms with Crippen molar-refractivity contribution in [3.63, 3.8) is 0 Å². The summed E-state index contributed by atoms with van der Waals surface area (Å²) in [5.74, 6) is -0.889. The maximum atomic E-state index is 13.5. The van der Waals surface area contributed by atoms with Crippen molar-refractivity contribution in [1.29, 1.82) is 0 Å². The summed E-state index contributed by atoms with van der Waals surface area (Å²) in [6.07, 6.45) is 0.316. The number of nitrogens with zero attached hydrogens (tertiary/aromatic N) is 1. The van der Waals surface area contributed by atoms with Crippen LogP contribution < -0.4 is 0 Å². The third-order valence-electron chi connectivity index (χ3n) is 6.39. The maximum absolute atomic E-state index is 13.5. The number of hydrogen-bond acceptors (Lipinski definition) is 5. The summed E-state index contributed by atoms with van der Waals surface area (Å²) in [5.41, 5.74) is -1.26. The minimum atomic E-state index is -1.42. The van der Waals surface area contributed by atoms with E-state index in [2.05, 4.69) is 6.92 Å². The van der Waals surface area contributed by atoms with Gasteiger partial charge in [0.1, 0.15) is 5.54 Å². The highest BCUT2D eigenvalue weighted by Crippen LogP contribution is 2.73. The Morgan fingerprint density at radius 1 is 0.966 bits per heavy atom. The van der Waals surface area contributed by atoms with E-state index in [4.69, 9.17) is 14.5 Å². The van der Waals surface area contributed by atoms with Crippen LogP contribution in [0.1, 0.15) is 38.3 Å². The smallest absolute Gasteiger partial charge is 0.323 e. The molecule has 0 N–H and O–H groups in total. The molecule has 0 amide bonds. The van der Waals surface area contributed by atoms with Gasteiger partial charge in [-0.2, -0.15) is 0 Å². The second-order valence-corrected chi connectivity index (χ2v) is 7.76. The second kappa shape index (κ2) is 6.83. The normalized spacial score (nSPS) is 30.2. The molecular weight excluding hydrogens is 366 g/mol. The second-order valence-electron chi connectivity index (χ2n) is 7.76. The number of ketones is 1. The average molecular weight is 391 g/mol. The van der Waals surface area contributed by atoms with Crippen molar-refractivity contribution in [2.45, 2.75) is 38.1 Å². The number of benzene rings is 2. The molecule has 2 aromatic rings. The van der Waals surface area contributed by atoms with Crippen molar-refractivity contribution in [2.24, 2.45) is 10.4 Å². The van der Waals surface area contributed by atoms with Crippen LogP contribution in [0.2, 0.25) is 0 Å². The number of esters is 1. The first-order valence-electron chi connectivity index (χ1n) is 10.0. The Labute approximate surface area is 170 Å².